The third-order valence-corrected chi connectivity index (χ3v) is 3.43. The molecule has 0 unspecified atom stereocenters. The van der Waals surface area contributed by atoms with E-state index in [1.165, 1.54) is 5.56 Å². The lowest BCUT2D eigenvalue weighted by molar-refractivity contribution is 0.414. The van der Waals surface area contributed by atoms with E-state index in [0.29, 0.717) is 6.54 Å². The van der Waals surface area contributed by atoms with Crippen LogP contribution in [0.5, 0.6) is 5.75 Å². The number of ether oxygens (including phenoxy) is 1. The predicted molar refractivity (Wildman–Crippen MR) is 78.2 cm³/mol. The van der Waals surface area contributed by atoms with Crippen LogP contribution in [0, 0.1) is 0 Å². The second-order valence-electron chi connectivity index (χ2n) is 4.74. The fourth-order valence-electron chi connectivity index (χ4n) is 2.27. The van der Waals surface area contributed by atoms with Crippen LogP contribution < -0.4 is 10.4 Å². The van der Waals surface area contributed by atoms with Crippen molar-refractivity contribution in [3.63, 3.8) is 0 Å². The molecule has 0 aliphatic carbocycles. The number of aryl methyl sites for hydroxylation is 2. The molecule has 0 atom stereocenters. The predicted octanol–water partition coefficient (Wildman–Crippen LogP) is 2.17. The Kier molecular flexibility index (Phi) is 4.98. The fourth-order valence-corrected chi connectivity index (χ4v) is 2.27. The number of unbranched alkanes of at least 4 members (excludes halogenated alkanes) is 1. The maximum atomic E-state index is 11.4. The quantitative estimate of drug-likeness (QED) is 0.788. The third-order valence-electron chi connectivity index (χ3n) is 3.43. The first-order valence-electron chi connectivity index (χ1n) is 7.01. The van der Waals surface area contributed by atoms with Crippen LogP contribution in [0.15, 0.2) is 29.1 Å². The zero-order valence-corrected chi connectivity index (χ0v) is 12.1. The molecular formula is C15H21N3O2. The van der Waals surface area contributed by atoms with Crippen molar-refractivity contribution in [2.24, 2.45) is 0 Å². The van der Waals surface area contributed by atoms with E-state index in [-0.39, 0.29) is 5.69 Å². The van der Waals surface area contributed by atoms with Gasteiger partial charge in [-0.05, 0) is 43.9 Å². The number of methoxy groups -OCH3 is 1. The zero-order chi connectivity index (χ0) is 14.4. The van der Waals surface area contributed by atoms with Crippen molar-refractivity contribution in [1.29, 1.82) is 0 Å². The minimum Gasteiger partial charge on any atom is -0.497 e. The molecule has 0 aliphatic rings. The van der Waals surface area contributed by atoms with Crippen molar-refractivity contribution in [3.05, 3.63) is 46.1 Å². The van der Waals surface area contributed by atoms with E-state index in [0.717, 1.165) is 37.3 Å². The van der Waals surface area contributed by atoms with Crippen LogP contribution in [-0.4, -0.2) is 21.9 Å². The molecule has 0 saturated heterocycles. The summed E-state index contributed by atoms with van der Waals surface area (Å²) in [5.74, 6) is 1.74. The van der Waals surface area contributed by atoms with Crippen molar-refractivity contribution in [2.45, 2.75) is 39.2 Å². The fraction of sp³-hybridized carbons (Fsp3) is 0.467. The monoisotopic (exact) mass is 275 g/mol. The lowest BCUT2D eigenvalue weighted by atomic mass is 10.1. The molecule has 1 N–H and O–H groups in total. The molecule has 0 aliphatic heterocycles. The van der Waals surface area contributed by atoms with Crippen LogP contribution in [0.1, 0.15) is 31.2 Å². The minimum atomic E-state index is -0.113. The summed E-state index contributed by atoms with van der Waals surface area (Å²) >= 11 is 0. The van der Waals surface area contributed by atoms with Gasteiger partial charge in [0.05, 0.1) is 7.11 Å². The summed E-state index contributed by atoms with van der Waals surface area (Å²) in [5.41, 5.74) is 1.19. The lowest BCUT2D eigenvalue weighted by Gasteiger charge is -2.04. The smallest absolute Gasteiger partial charge is 0.343 e. The van der Waals surface area contributed by atoms with Gasteiger partial charge in [0, 0.05) is 13.0 Å². The SMILES string of the molecule is CCn1c(CCCCc2ccc(OC)cc2)n[nH]c1=O. The van der Waals surface area contributed by atoms with Crippen LogP contribution >= 0.6 is 0 Å². The molecule has 108 valence electrons. The second-order valence-corrected chi connectivity index (χ2v) is 4.74. The number of hydrogen-bond acceptors (Lipinski definition) is 3. The Hall–Kier alpha value is -2.04. The Morgan fingerprint density at radius 2 is 1.90 bits per heavy atom. The maximum Gasteiger partial charge on any atom is 0.343 e. The van der Waals surface area contributed by atoms with Crippen LogP contribution in [0.2, 0.25) is 0 Å². The Morgan fingerprint density at radius 3 is 2.55 bits per heavy atom. The third kappa shape index (κ3) is 3.50. The number of rotatable bonds is 7. The van der Waals surface area contributed by atoms with E-state index in [9.17, 15) is 4.79 Å². The number of aromatic nitrogens is 3. The van der Waals surface area contributed by atoms with Crippen LogP contribution in [-0.2, 0) is 19.4 Å². The first-order chi connectivity index (χ1) is 9.74. The van der Waals surface area contributed by atoms with Gasteiger partial charge in [-0.1, -0.05) is 12.1 Å². The van der Waals surface area contributed by atoms with E-state index >= 15 is 0 Å². The van der Waals surface area contributed by atoms with Crippen molar-refractivity contribution < 1.29 is 4.74 Å². The van der Waals surface area contributed by atoms with Gasteiger partial charge in [-0.15, -0.1) is 0 Å². The largest absolute Gasteiger partial charge is 0.497 e. The van der Waals surface area contributed by atoms with Gasteiger partial charge >= 0.3 is 5.69 Å². The summed E-state index contributed by atoms with van der Waals surface area (Å²) < 4.78 is 6.82. The van der Waals surface area contributed by atoms with Gasteiger partial charge in [-0.25, -0.2) is 9.89 Å². The highest BCUT2D eigenvalue weighted by molar-refractivity contribution is 5.27. The van der Waals surface area contributed by atoms with Gasteiger partial charge in [-0.3, -0.25) is 4.57 Å². The molecular weight excluding hydrogens is 254 g/mol. The van der Waals surface area contributed by atoms with Gasteiger partial charge in [0.15, 0.2) is 0 Å². The van der Waals surface area contributed by atoms with Crippen LogP contribution in [0.25, 0.3) is 0 Å². The van der Waals surface area contributed by atoms with E-state index in [2.05, 4.69) is 22.3 Å². The van der Waals surface area contributed by atoms with Crippen LogP contribution in [0.4, 0.5) is 0 Å². The number of benzene rings is 1. The van der Waals surface area contributed by atoms with Gasteiger partial charge in [0.1, 0.15) is 11.6 Å². The van der Waals surface area contributed by atoms with E-state index < -0.39 is 0 Å². The molecule has 1 aromatic carbocycles. The van der Waals surface area contributed by atoms with E-state index in [1.807, 2.05) is 19.1 Å². The summed E-state index contributed by atoms with van der Waals surface area (Å²) in [4.78, 5) is 11.4. The molecule has 20 heavy (non-hydrogen) atoms. The average molecular weight is 275 g/mol. The number of aromatic amines is 1. The second kappa shape index (κ2) is 6.93. The molecule has 0 saturated carbocycles. The number of hydrogen-bond donors (Lipinski definition) is 1. The molecule has 1 heterocycles. The van der Waals surface area contributed by atoms with Gasteiger partial charge < -0.3 is 4.74 Å². The molecule has 1 aromatic heterocycles. The Morgan fingerprint density at radius 1 is 1.20 bits per heavy atom. The van der Waals surface area contributed by atoms with Crippen LogP contribution in [0.3, 0.4) is 0 Å². The zero-order valence-electron chi connectivity index (χ0n) is 12.1. The molecule has 5 heteroatoms. The highest BCUT2D eigenvalue weighted by Crippen LogP contribution is 2.13. The molecule has 0 spiro atoms. The molecule has 0 amide bonds. The highest BCUT2D eigenvalue weighted by atomic mass is 16.5. The summed E-state index contributed by atoms with van der Waals surface area (Å²) in [6.45, 7) is 2.63. The van der Waals surface area contributed by atoms with Gasteiger partial charge in [0.25, 0.3) is 0 Å². The maximum absolute atomic E-state index is 11.4. The van der Waals surface area contributed by atoms with Gasteiger partial charge in [0.2, 0.25) is 0 Å². The van der Waals surface area contributed by atoms with Gasteiger partial charge in [-0.2, -0.15) is 5.10 Å². The number of nitrogens with zero attached hydrogens (tertiary/aromatic N) is 2. The average Bonchev–Trinajstić information content (AvgIpc) is 2.84. The molecule has 5 nitrogen and oxygen atoms in total. The van der Waals surface area contributed by atoms with Crippen molar-refractivity contribution in [1.82, 2.24) is 14.8 Å². The molecule has 2 aromatic rings. The van der Waals surface area contributed by atoms with E-state index in [4.69, 9.17) is 4.74 Å². The Balaban J connectivity index is 1.79. The topological polar surface area (TPSA) is 59.9 Å². The molecule has 2 rings (SSSR count). The summed E-state index contributed by atoms with van der Waals surface area (Å²) in [5, 5.41) is 6.57. The summed E-state index contributed by atoms with van der Waals surface area (Å²) in [7, 11) is 1.67. The molecule has 0 radical (unpaired) electrons. The normalized spacial score (nSPS) is 10.7. The number of nitrogens with one attached hydrogen (secondary N) is 1. The minimum absolute atomic E-state index is 0.113. The lowest BCUT2D eigenvalue weighted by Crippen LogP contribution is -2.17. The summed E-state index contributed by atoms with van der Waals surface area (Å²) in [6, 6.07) is 8.15. The molecule has 0 fully saturated rings. The summed E-state index contributed by atoms with van der Waals surface area (Å²) in [6.07, 6.45) is 3.97. The number of H-pyrrole nitrogens is 1. The molecule has 0 bridgehead atoms. The first kappa shape index (κ1) is 14.4. The first-order valence-corrected chi connectivity index (χ1v) is 7.01. The Labute approximate surface area is 118 Å². The standard InChI is InChI=1S/C15H21N3O2/c1-3-18-14(16-17-15(18)19)7-5-4-6-12-8-10-13(20-2)11-9-12/h8-11H,3-7H2,1-2H3,(H,17,19). The van der Waals surface area contributed by atoms with Crippen molar-refractivity contribution in [3.8, 4) is 5.75 Å². The highest BCUT2D eigenvalue weighted by Gasteiger charge is 2.05. The Bertz CT molecular complexity index is 584. The van der Waals surface area contributed by atoms with Crippen molar-refractivity contribution >= 4 is 0 Å². The van der Waals surface area contributed by atoms with Crippen molar-refractivity contribution in [2.75, 3.05) is 7.11 Å². The van der Waals surface area contributed by atoms with E-state index in [1.54, 1.807) is 11.7 Å².